The fraction of sp³-hybridized carbons (Fsp3) is 0.385. The molecule has 0 aliphatic carbocycles. The number of rotatable bonds is 7. The van der Waals surface area contributed by atoms with E-state index in [-0.39, 0.29) is 12.6 Å². The SMILES string of the molecule is C=CCOc1ccc(CNC(C)CO)cc1. The quantitative estimate of drug-likeness (QED) is 0.689. The van der Waals surface area contributed by atoms with Gasteiger partial charge in [0, 0.05) is 12.6 Å². The molecule has 0 fully saturated rings. The highest BCUT2D eigenvalue weighted by molar-refractivity contribution is 5.27. The molecule has 0 spiro atoms. The zero-order valence-electron chi connectivity index (χ0n) is 9.65. The van der Waals surface area contributed by atoms with E-state index in [1.54, 1.807) is 6.08 Å². The molecule has 1 aromatic rings. The van der Waals surface area contributed by atoms with Crippen LogP contribution in [0.3, 0.4) is 0 Å². The number of aliphatic hydroxyl groups excluding tert-OH is 1. The van der Waals surface area contributed by atoms with Crippen LogP contribution in [-0.2, 0) is 6.54 Å². The van der Waals surface area contributed by atoms with E-state index in [1.165, 1.54) is 5.56 Å². The molecule has 1 unspecified atom stereocenters. The smallest absolute Gasteiger partial charge is 0.119 e. The molecule has 1 atom stereocenters. The van der Waals surface area contributed by atoms with Gasteiger partial charge in [-0.2, -0.15) is 0 Å². The Morgan fingerprint density at radius 2 is 2.12 bits per heavy atom. The van der Waals surface area contributed by atoms with E-state index in [0.717, 1.165) is 12.3 Å². The first-order valence-corrected chi connectivity index (χ1v) is 5.43. The van der Waals surface area contributed by atoms with E-state index < -0.39 is 0 Å². The Labute approximate surface area is 96.8 Å². The van der Waals surface area contributed by atoms with Crippen LogP contribution in [-0.4, -0.2) is 24.4 Å². The van der Waals surface area contributed by atoms with Crippen molar-refractivity contribution in [1.29, 1.82) is 0 Å². The second kappa shape index (κ2) is 7.04. The molecule has 16 heavy (non-hydrogen) atoms. The Hall–Kier alpha value is -1.32. The normalized spacial score (nSPS) is 12.1. The first kappa shape index (κ1) is 12.7. The van der Waals surface area contributed by atoms with Crippen LogP contribution < -0.4 is 10.1 Å². The summed E-state index contributed by atoms with van der Waals surface area (Å²) in [6, 6.07) is 8.01. The van der Waals surface area contributed by atoms with Gasteiger partial charge < -0.3 is 15.2 Å². The minimum Gasteiger partial charge on any atom is -0.490 e. The van der Waals surface area contributed by atoms with Gasteiger partial charge in [-0.05, 0) is 24.6 Å². The highest BCUT2D eigenvalue weighted by Gasteiger charge is 1.99. The van der Waals surface area contributed by atoms with Gasteiger partial charge in [0.1, 0.15) is 12.4 Å². The first-order chi connectivity index (χ1) is 7.76. The molecule has 0 amide bonds. The predicted octanol–water partition coefficient (Wildman–Crippen LogP) is 1.72. The third-order valence-corrected chi connectivity index (χ3v) is 2.22. The molecule has 0 bridgehead atoms. The maximum absolute atomic E-state index is 8.86. The van der Waals surface area contributed by atoms with Crippen LogP contribution in [0.2, 0.25) is 0 Å². The second-order valence-corrected chi connectivity index (χ2v) is 3.71. The molecule has 0 saturated heterocycles. The van der Waals surface area contributed by atoms with Gasteiger partial charge >= 0.3 is 0 Å². The molecule has 3 heteroatoms. The molecule has 1 aromatic carbocycles. The fourth-order valence-electron chi connectivity index (χ4n) is 1.22. The Kier molecular flexibility index (Phi) is 5.61. The Morgan fingerprint density at radius 1 is 1.44 bits per heavy atom. The van der Waals surface area contributed by atoms with Crippen molar-refractivity contribution in [3.8, 4) is 5.75 Å². The fourth-order valence-corrected chi connectivity index (χ4v) is 1.22. The molecule has 0 radical (unpaired) electrons. The largest absolute Gasteiger partial charge is 0.490 e. The van der Waals surface area contributed by atoms with Gasteiger partial charge in [-0.15, -0.1) is 0 Å². The lowest BCUT2D eigenvalue weighted by Gasteiger charge is -2.11. The van der Waals surface area contributed by atoms with Crippen LogP contribution in [0.4, 0.5) is 0 Å². The number of nitrogens with one attached hydrogen (secondary N) is 1. The van der Waals surface area contributed by atoms with Crippen molar-refractivity contribution in [3.05, 3.63) is 42.5 Å². The van der Waals surface area contributed by atoms with Crippen molar-refractivity contribution < 1.29 is 9.84 Å². The molecule has 0 saturated carbocycles. The summed E-state index contributed by atoms with van der Waals surface area (Å²) < 4.78 is 5.38. The van der Waals surface area contributed by atoms with Crippen LogP contribution in [0, 0.1) is 0 Å². The lowest BCUT2D eigenvalue weighted by Crippen LogP contribution is -2.28. The van der Waals surface area contributed by atoms with E-state index in [4.69, 9.17) is 9.84 Å². The number of aliphatic hydroxyl groups is 1. The highest BCUT2D eigenvalue weighted by atomic mass is 16.5. The van der Waals surface area contributed by atoms with E-state index in [1.807, 2.05) is 31.2 Å². The van der Waals surface area contributed by atoms with Crippen molar-refractivity contribution in [2.75, 3.05) is 13.2 Å². The zero-order valence-corrected chi connectivity index (χ0v) is 9.65. The van der Waals surface area contributed by atoms with Gasteiger partial charge in [-0.1, -0.05) is 24.8 Å². The number of hydrogen-bond donors (Lipinski definition) is 2. The average Bonchev–Trinajstić information content (AvgIpc) is 2.34. The van der Waals surface area contributed by atoms with E-state index in [0.29, 0.717) is 6.61 Å². The van der Waals surface area contributed by atoms with E-state index in [9.17, 15) is 0 Å². The van der Waals surface area contributed by atoms with Crippen molar-refractivity contribution in [1.82, 2.24) is 5.32 Å². The lowest BCUT2D eigenvalue weighted by molar-refractivity contribution is 0.251. The van der Waals surface area contributed by atoms with Gasteiger partial charge in [0.2, 0.25) is 0 Å². The van der Waals surface area contributed by atoms with Crippen LogP contribution in [0.25, 0.3) is 0 Å². The topological polar surface area (TPSA) is 41.5 Å². The molecule has 0 heterocycles. The Morgan fingerprint density at radius 3 is 2.69 bits per heavy atom. The Balaban J connectivity index is 2.41. The van der Waals surface area contributed by atoms with Gasteiger partial charge in [-0.25, -0.2) is 0 Å². The lowest BCUT2D eigenvalue weighted by atomic mass is 10.2. The van der Waals surface area contributed by atoms with Crippen molar-refractivity contribution in [2.45, 2.75) is 19.5 Å². The molecule has 1 rings (SSSR count). The third kappa shape index (κ3) is 4.47. The summed E-state index contributed by atoms with van der Waals surface area (Å²) in [5.41, 5.74) is 1.17. The molecule has 0 aliphatic rings. The van der Waals surface area contributed by atoms with Crippen LogP contribution in [0.15, 0.2) is 36.9 Å². The zero-order chi connectivity index (χ0) is 11.8. The molecular weight excluding hydrogens is 202 g/mol. The first-order valence-electron chi connectivity index (χ1n) is 5.43. The summed E-state index contributed by atoms with van der Waals surface area (Å²) >= 11 is 0. The summed E-state index contributed by atoms with van der Waals surface area (Å²) in [7, 11) is 0. The average molecular weight is 221 g/mol. The predicted molar refractivity (Wildman–Crippen MR) is 65.5 cm³/mol. The van der Waals surface area contributed by atoms with Gasteiger partial charge in [0.15, 0.2) is 0 Å². The Bertz CT molecular complexity index is 308. The number of benzene rings is 1. The molecular formula is C13H19NO2. The molecule has 2 N–H and O–H groups in total. The number of ether oxygens (including phenoxy) is 1. The summed E-state index contributed by atoms with van der Waals surface area (Å²) in [4.78, 5) is 0. The van der Waals surface area contributed by atoms with Crippen LogP contribution in [0.1, 0.15) is 12.5 Å². The summed E-state index contributed by atoms with van der Waals surface area (Å²) in [5, 5.41) is 12.1. The minimum atomic E-state index is 0.122. The molecule has 88 valence electrons. The minimum absolute atomic E-state index is 0.122. The summed E-state index contributed by atoms with van der Waals surface area (Å²) in [6.45, 7) is 6.97. The van der Waals surface area contributed by atoms with E-state index in [2.05, 4.69) is 11.9 Å². The van der Waals surface area contributed by atoms with Gasteiger partial charge in [0.25, 0.3) is 0 Å². The van der Waals surface area contributed by atoms with E-state index >= 15 is 0 Å². The van der Waals surface area contributed by atoms with Gasteiger partial charge in [-0.3, -0.25) is 0 Å². The van der Waals surface area contributed by atoms with Crippen LogP contribution in [0.5, 0.6) is 5.75 Å². The van der Waals surface area contributed by atoms with Crippen molar-refractivity contribution in [2.24, 2.45) is 0 Å². The maximum atomic E-state index is 8.86. The summed E-state index contributed by atoms with van der Waals surface area (Å²) in [5.74, 6) is 0.846. The standard InChI is InChI=1S/C13H19NO2/c1-3-8-16-13-6-4-12(5-7-13)9-14-11(2)10-15/h3-7,11,14-15H,1,8-10H2,2H3. The molecule has 3 nitrogen and oxygen atoms in total. The monoisotopic (exact) mass is 221 g/mol. The highest BCUT2D eigenvalue weighted by Crippen LogP contribution is 2.12. The second-order valence-electron chi connectivity index (χ2n) is 3.71. The maximum Gasteiger partial charge on any atom is 0.119 e. The molecule has 0 aromatic heterocycles. The third-order valence-electron chi connectivity index (χ3n) is 2.22. The van der Waals surface area contributed by atoms with Gasteiger partial charge in [0.05, 0.1) is 6.61 Å². The molecule has 0 aliphatic heterocycles. The van der Waals surface area contributed by atoms with Crippen LogP contribution >= 0.6 is 0 Å². The van der Waals surface area contributed by atoms with Crippen molar-refractivity contribution in [3.63, 3.8) is 0 Å². The van der Waals surface area contributed by atoms with Crippen molar-refractivity contribution >= 4 is 0 Å². The number of hydrogen-bond acceptors (Lipinski definition) is 3. The summed E-state index contributed by atoms with van der Waals surface area (Å²) in [6.07, 6.45) is 1.72.